The number of hydrogen-bond acceptors (Lipinski definition) is 6. The number of nitrogens with one attached hydrogen (secondary N) is 1. The SMILES string of the molecule is CCOC(=O)CN(C(=O)Cc1ccc(NS(=O)(=O)c2cccs2)cc1)C(C)C. The minimum atomic E-state index is -3.61. The molecular formula is C19H24N2O5S2. The van der Waals surface area contributed by atoms with E-state index in [1.807, 2.05) is 13.8 Å². The van der Waals surface area contributed by atoms with E-state index >= 15 is 0 Å². The molecule has 0 aliphatic rings. The van der Waals surface area contributed by atoms with Gasteiger partial charge in [-0.3, -0.25) is 14.3 Å². The molecule has 0 spiro atoms. The summed E-state index contributed by atoms with van der Waals surface area (Å²) in [6.45, 7) is 5.55. The number of esters is 1. The van der Waals surface area contributed by atoms with Gasteiger partial charge in [-0.25, -0.2) is 8.42 Å². The zero-order valence-electron chi connectivity index (χ0n) is 16.0. The zero-order valence-corrected chi connectivity index (χ0v) is 17.7. The van der Waals surface area contributed by atoms with E-state index in [9.17, 15) is 18.0 Å². The normalized spacial score (nSPS) is 11.3. The second-order valence-corrected chi connectivity index (χ2v) is 9.19. The van der Waals surface area contributed by atoms with Crippen LogP contribution < -0.4 is 4.72 Å². The summed E-state index contributed by atoms with van der Waals surface area (Å²) in [6.07, 6.45) is 0.107. The van der Waals surface area contributed by atoms with Crippen molar-refractivity contribution in [3.05, 3.63) is 47.3 Å². The van der Waals surface area contributed by atoms with Crippen molar-refractivity contribution in [1.29, 1.82) is 0 Å². The van der Waals surface area contributed by atoms with Gasteiger partial charge in [-0.05, 0) is 49.9 Å². The number of rotatable bonds is 9. The monoisotopic (exact) mass is 424 g/mol. The minimum absolute atomic E-state index is 0.0942. The third kappa shape index (κ3) is 6.07. The van der Waals surface area contributed by atoms with Crippen LogP contribution in [-0.4, -0.2) is 44.4 Å². The fourth-order valence-corrected chi connectivity index (χ4v) is 4.54. The van der Waals surface area contributed by atoms with E-state index in [0.717, 1.165) is 16.9 Å². The van der Waals surface area contributed by atoms with E-state index in [4.69, 9.17) is 4.74 Å². The molecule has 1 N–H and O–H groups in total. The van der Waals surface area contributed by atoms with Gasteiger partial charge in [-0.2, -0.15) is 0 Å². The highest BCUT2D eigenvalue weighted by molar-refractivity contribution is 7.94. The Hall–Kier alpha value is -2.39. The van der Waals surface area contributed by atoms with E-state index in [2.05, 4.69) is 4.72 Å². The molecule has 0 unspecified atom stereocenters. The standard InChI is InChI=1S/C19H24N2O5S2/c1-4-26-18(23)13-21(14(2)3)17(22)12-15-7-9-16(10-8-15)20-28(24,25)19-6-5-11-27-19/h5-11,14,20H,4,12-13H2,1-3H3. The van der Waals surface area contributed by atoms with E-state index in [0.29, 0.717) is 5.69 Å². The average molecular weight is 425 g/mol. The molecule has 1 aromatic carbocycles. The summed E-state index contributed by atoms with van der Waals surface area (Å²) >= 11 is 1.14. The average Bonchev–Trinajstić information content (AvgIpc) is 3.17. The Balaban J connectivity index is 2.02. The van der Waals surface area contributed by atoms with Crippen molar-refractivity contribution in [3.8, 4) is 0 Å². The molecule has 0 saturated heterocycles. The Kier molecular flexibility index (Phi) is 7.59. The lowest BCUT2D eigenvalue weighted by molar-refractivity contribution is -0.149. The summed E-state index contributed by atoms with van der Waals surface area (Å²) in [7, 11) is -3.61. The number of ether oxygens (including phenoxy) is 1. The first-order valence-electron chi connectivity index (χ1n) is 8.83. The van der Waals surface area contributed by atoms with Gasteiger partial charge in [0.05, 0.1) is 13.0 Å². The Labute approximate surface area is 169 Å². The van der Waals surface area contributed by atoms with Crippen molar-refractivity contribution in [3.63, 3.8) is 0 Å². The molecule has 9 heteroatoms. The molecule has 0 atom stereocenters. The van der Waals surface area contributed by atoms with Gasteiger partial charge < -0.3 is 9.64 Å². The molecule has 7 nitrogen and oxygen atoms in total. The van der Waals surface area contributed by atoms with Crippen LogP contribution in [0.5, 0.6) is 0 Å². The molecular weight excluding hydrogens is 400 g/mol. The molecule has 0 saturated carbocycles. The molecule has 1 amide bonds. The van der Waals surface area contributed by atoms with Gasteiger partial charge in [0.25, 0.3) is 10.0 Å². The Morgan fingerprint density at radius 2 is 1.86 bits per heavy atom. The molecule has 0 bridgehead atoms. The highest BCUT2D eigenvalue weighted by atomic mass is 32.2. The third-order valence-electron chi connectivity index (χ3n) is 3.87. The van der Waals surface area contributed by atoms with E-state index < -0.39 is 16.0 Å². The van der Waals surface area contributed by atoms with Gasteiger partial charge in [-0.15, -0.1) is 11.3 Å². The fourth-order valence-electron chi connectivity index (χ4n) is 2.49. The van der Waals surface area contributed by atoms with E-state index in [1.165, 1.54) is 11.0 Å². The lowest BCUT2D eigenvalue weighted by Crippen LogP contribution is -2.42. The van der Waals surface area contributed by atoms with Gasteiger partial charge in [0.1, 0.15) is 10.8 Å². The molecule has 0 aliphatic heterocycles. The van der Waals surface area contributed by atoms with Gasteiger partial charge in [0.2, 0.25) is 5.91 Å². The lowest BCUT2D eigenvalue weighted by atomic mass is 10.1. The topological polar surface area (TPSA) is 92.8 Å². The summed E-state index contributed by atoms with van der Waals surface area (Å²) in [5, 5.41) is 1.69. The highest BCUT2D eigenvalue weighted by Crippen LogP contribution is 2.20. The first kappa shape index (κ1) is 21.9. The second kappa shape index (κ2) is 9.70. The van der Waals surface area contributed by atoms with Gasteiger partial charge in [-0.1, -0.05) is 18.2 Å². The van der Waals surface area contributed by atoms with Crippen LogP contribution in [0.4, 0.5) is 5.69 Å². The lowest BCUT2D eigenvalue weighted by Gasteiger charge is -2.25. The largest absolute Gasteiger partial charge is 0.465 e. The fraction of sp³-hybridized carbons (Fsp3) is 0.368. The molecule has 1 heterocycles. The van der Waals surface area contributed by atoms with Crippen LogP contribution in [-0.2, 0) is 30.8 Å². The number of nitrogens with zero attached hydrogens (tertiary/aromatic N) is 1. The quantitative estimate of drug-likeness (QED) is 0.625. The number of hydrogen-bond donors (Lipinski definition) is 1. The third-order valence-corrected chi connectivity index (χ3v) is 6.65. The van der Waals surface area contributed by atoms with Crippen LogP contribution in [0.1, 0.15) is 26.3 Å². The van der Waals surface area contributed by atoms with Crippen LogP contribution in [0.2, 0.25) is 0 Å². The minimum Gasteiger partial charge on any atom is -0.465 e. The zero-order chi connectivity index (χ0) is 20.7. The van der Waals surface area contributed by atoms with Crippen LogP contribution in [0, 0.1) is 0 Å². The van der Waals surface area contributed by atoms with Crippen LogP contribution in [0.25, 0.3) is 0 Å². The first-order chi connectivity index (χ1) is 13.2. The van der Waals surface area contributed by atoms with Crippen LogP contribution in [0.3, 0.4) is 0 Å². The maximum absolute atomic E-state index is 12.6. The second-order valence-electron chi connectivity index (χ2n) is 6.33. The Bertz CT molecular complexity index is 891. The number of amides is 1. The molecule has 0 radical (unpaired) electrons. The number of benzene rings is 1. The maximum Gasteiger partial charge on any atom is 0.325 e. The Morgan fingerprint density at radius 1 is 1.18 bits per heavy atom. The highest BCUT2D eigenvalue weighted by Gasteiger charge is 2.21. The van der Waals surface area contributed by atoms with Crippen molar-refractivity contribution < 1.29 is 22.7 Å². The van der Waals surface area contributed by atoms with Gasteiger partial charge in [0, 0.05) is 11.7 Å². The smallest absolute Gasteiger partial charge is 0.325 e. The summed E-state index contributed by atoms with van der Waals surface area (Å²) in [5.74, 6) is -0.641. The molecule has 152 valence electrons. The van der Waals surface area contributed by atoms with Crippen LogP contribution >= 0.6 is 11.3 Å². The van der Waals surface area contributed by atoms with Gasteiger partial charge >= 0.3 is 5.97 Å². The molecule has 0 aliphatic carbocycles. The predicted molar refractivity (Wildman–Crippen MR) is 109 cm³/mol. The summed E-state index contributed by atoms with van der Waals surface area (Å²) in [6, 6.07) is 9.65. The number of thiophene rings is 1. The van der Waals surface area contributed by atoms with Crippen molar-refractivity contribution in [2.24, 2.45) is 0 Å². The van der Waals surface area contributed by atoms with E-state index in [-0.39, 0.29) is 35.7 Å². The van der Waals surface area contributed by atoms with Crippen molar-refractivity contribution in [1.82, 2.24) is 4.90 Å². The van der Waals surface area contributed by atoms with Crippen molar-refractivity contribution in [2.75, 3.05) is 17.9 Å². The maximum atomic E-state index is 12.6. The molecule has 28 heavy (non-hydrogen) atoms. The van der Waals surface area contributed by atoms with E-state index in [1.54, 1.807) is 42.6 Å². The van der Waals surface area contributed by atoms with Crippen molar-refractivity contribution >= 4 is 38.9 Å². The Morgan fingerprint density at radius 3 is 2.39 bits per heavy atom. The molecule has 2 aromatic rings. The number of carbonyl (C=O) groups excluding carboxylic acids is 2. The molecule has 2 rings (SSSR count). The number of anilines is 1. The number of carbonyl (C=O) groups is 2. The van der Waals surface area contributed by atoms with Crippen molar-refractivity contribution in [2.45, 2.75) is 37.4 Å². The molecule has 0 fully saturated rings. The predicted octanol–water partition coefficient (Wildman–Crippen LogP) is 2.89. The summed E-state index contributed by atoms with van der Waals surface area (Å²) in [4.78, 5) is 25.7. The number of sulfonamides is 1. The summed E-state index contributed by atoms with van der Waals surface area (Å²) < 4.78 is 32.1. The first-order valence-corrected chi connectivity index (χ1v) is 11.2. The van der Waals surface area contributed by atoms with Crippen LogP contribution in [0.15, 0.2) is 46.0 Å². The summed E-state index contributed by atoms with van der Waals surface area (Å²) in [5.41, 5.74) is 1.13. The molecule has 1 aromatic heterocycles. The van der Waals surface area contributed by atoms with Gasteiger partial charge in [0.15, 0.2) is 0 Å².